The second-order valence-electron chi connectivity index (χ2n) is 5.18. The average molecular weight is 278 g/mol. The Bertz CT molecular complexity index is 400. The van der Waals surface area contributed by atoms with Crippen LogP contribution in [0.4, 0.5) is 0 Å². The second-order valence-corrected chi connectivity index (χ2v) is 5.18. The van der Waals surface area contributed by atoms with Crippen LogP contribution in [0.3, 0.4) is 0 Å². The van der Waals surface area contributed by atoms with Crippen LogP contribution in [0.25, 0.3) is 0 Å². The van der Waals surface area contributed by atoms with E-state index in [1.54, 1.807) is 6.08 Å². The summed E-state index contributed by atoms with van der Waals surface area (Å²) in [6.45, 7) is 2.67. The van der Waals surface area contributed by atoms with E-state index in [2.05, 4.69) is 20.9 Å². The first kappa shape index (κ1) is 14.6. The van der Waals surface area contributed by atoms with Gasteiger partial charge in [0.25, 0.3) is 0 Å². The van der Waals surface area contributed by atoms with E-state index in [9.17, 15) is 9.59 Å². The van der Waals surface area contributed by atoms with Crippen LogP contribution < -0.4 is 16.0 Å². The van der Waals surface area contributed by atoms with Crippen molar-refractivity contribution >= 4 is 12.8 Å². The number of carbonyl (C=O) groups is 2. The van der Waals surface area contributed by atoms with Crippen molar-refractivity contribution in [3.05, 3.63) is 23.7 Å². The molecule has 1 unspecified atom stereocenters. The Morgan fingerprint density at radius 1 is 1.30 bits per heavy atom. The summed E-state index contributed by atoms with van der Waals surface area (Å²) in [4.78, 5) is 23.2. The number of hydrogen-bond acceptors (Lipinski definition) is 4. The molecule has 3 N–H and O–H groups in total. The monoisotopic (exact) mass is 278 g/mol. The van der Waals surface area contributed by atoms with E-state index in [1.807, 2.05) is 6.20 Å². The van der Waals surface area contributed by atoms with Gasteiger partial charge < -0.3 is 20.9 Å². The molecule has 6 nitrogen and oxygen atoms in total. The Morgan fingerprint density at radius 2 is 2.15 bits per heavy atom. The lowest BCUT2D eigenvalue weighted by Gasteiger charge is -2.30. The van der Waals surface area contributed by atoms with E-state index < -0.39 is 0 Å². The fourth-order valence-corrected chi connectivity index (χ4v) is 2.68. The molecule has 2 amide bonds. The van der Waals surface area contributed by atoms with Crippen LogP contribution in [0, 0.1) is 0 Å². The van der Waals surface area contributed by atoms with Gasteiger partial charge >= 0.3 is 0 Å². The van der Waals surface area contributed by atoms with E-state index in [0.29, 0.717) is 31.1 Å². The number of hydrogen-bond donors (Lipinski definition) is 3. The van der Waals surface area contributed by atoms with Gasteiger partial charge in [0.15, 0.2) is 0 Å². The largest absolute Gasteiger partial charge is 0.370 e. The number of carbonyl (C=O) groups excluding carboxylic acids is 2. The first-order valence-corrected chi connectivity index (χ1v) is 7.12. The maximum absolute atomic E-state index is 10.6. The van der Waals surface area contributed by atoms with Gasteiger partial charge in [-0.05, 0) is 31.9 Å². The fraction of sp³-hybridized carbons (Fsp3) is 0.571. The topological polar surface area (TPSA) is 73.5 Å². The van der Waals surface area contributed by atoms with E-state index in [1.165, 1.54) is 19.3 Å². The number of piperidine rings is 1. The molecule has 20 heavy (non-hydrogen) atoms. The molecule has 1 atom stereocenters. The summed E-state index contributed by atoms with van der Waals surface area (Å²) < 4.78 is 0. The fourth-order valence-electron chi connectivity index (χ4n) is 2.68. The van der Waals surface area contributed by atoms with Gasteiger partial charge in [0, 0.05) is 24.5 Å². The van der Waals surface area contributed by atoms with Gasteiger partial charge in [-0.2, -0.15) is 0 Å². The van der Waals surface area contributed by atoms with Crippen molar-refractivity contribution in [2.75, 3.05) is 19.6 Å². The summed E-state index contributed by atoms with van der Waals surface area (Å²) in [5.74, 6) is 0. The maximum atomic E-state index is 10.6. The second kappa shape index (κ2) is 7.69. The Hall–Kier alpha value is -1.82. The van der Waals surface area contributed by atoms with Crippen LogP contribution in [0.2, 0.25) is 0 Å². The van der Waals surface area contributed by atoms with Gasteiger partial charge in [0.1, 0.15) is 0 Å². The molecule has 110 valence electrons. The Kier molecular flexibility index (Phi) is 5.61. The smallest absolute Gasteiger partial charge is 0.211 e. The third-order valence-corrected chi connectivity index (χ3v) is 3.67. The van der Waals surface area contributed by atoms with Crippen molar-refractivity contribution in [3.63, 3.8) is 0 Å². The van der Waals surface area contributed by atoms with Crippen LogP contribution in [-0.4, -0.2) is 43.4 Å². The van der Waals surface area contributed by atoms with Crippen LogP contribution in [0.1, 0.15) is 25.7 Å². The van der Waals surface area contributed by atoms with E-state index in [0.717, 1.165) is 25.2 Å². The quantitative estimate of drug-likeness (QED) is 0.575. The van der Waals surface area contributed by atoms with Gasteiger partial charge in [-0.15, -0.1) is 0 Å². The molecule has 2 aliphatic rings. The number of amides is 2. The molecule has 0 aromatic carbocycles. The first-order chi connectivity index (χ1) is 9.81. The summed E-state index contributed by atoms with van der Waals surface area (Å²) in [5, 5.41) is 8.82. The van der Waals surface area contributed by atoms with Gasteiger partial charge in [-0.25, -0.2) is 0 Å². The third kappa shape index (κ3) is 4.38. The van der Waals surface area contributed by atoms with Crippen LogP contribution in [0.15, 0.2) is 23.7 Å². The molecule has 1 fully saturated rings. The SMILES string of the molecule is O=CNC1=CN(CCC2CCCCN2)CC(NC=O)=C1. The molecule has 0 aromatic rings. The molecule has 0 aliphatic carbocycles. The zero-order valence-electron chi connectivity index (χ0n) is 11.6. The Balaban J connectivity index is 1.88. The van der Waals surface area contributed by atoms with Gasteiger partial charge in [-0.1, -0.05) is 6.42 Å². The lowest BCUT2D eigenvalue weighted by atomic mass is 10.0. The van der Waals surface area contributed by atoms with E-state index >= 15 is 0 Å². The van der Waals surface area contributed by atoms with Crippen molar-refractivity contribution in [3.8, 4) is 0 Å². The standard InChI is InChI=1S/C14H22N4O2/c19-10-16-13-7-14(17-11-20)9-18(8-13)6-4-12-3-1-2-5-15-12/h7-8,10-12,15H,1-6,9H2,(H,16,19)(H,17,20). The van der Waals surface area contributed by atoms with Crippen molar-refractivity contribution in [2.24, 2.45) is 0 Å². The van der Waals surface area contributed by atoms with Crippen molar-refractivity contribution < 1.29 is 9.59 Å². The lowest BCUT2D eigenvalue weighted by Crippen LogP contribution is -2.38. The molecule has 2 aliphatic heterocycles. The molecular weight excluding hydrogens is 256 g/mol. The molecule has 2 rings (SSSR count). The average Bonchev–Trinajstić information content (AvgIpc) is 2.47. The first-order valence-electron chi connectivity index (χ1n) is 7.12. The van der Waals surface area contributed by atoms with Crippen LogP contribution in [0.5, 0.6) is 0 Å². The summed E-state index contributed by atoms with van der Waals surface area (Å²) in [7, 11) is 0. The predicted octanol–water partition coefficient (Wildman–Crippen LogP) is 0.0515. The molecule has 6 heteroatoms. The normalized spacial score (nSPS) is 22.6. The number of nitrogens with zero attached hydrogens (tertiary/aromatic N) is 1. The zero-order valence-corrected chi connectivity index (χ0v) is 11.6. The van der Waals surface area contributed by atoms with Gasteiger partial charge in [0.05, 0.1) is 12.2 Å². The Labute approximate surface area is 119 Å². The van der Waals surface area contributed by atoms with Crippen molar-refractivity contribution in [2.45, 2.75) is 31.7 Å². The zero-order chi connectivity index (χ0) is 14.2. The minimum atomic E-state index is 0.577. The van der Waals surface area contributed by atoms with Gasteiger partial charge in [0.2, 0.25) is 12.8 Å². The summed E-state index contributed by atoms with van der Waals surface area (Å²) in [5.41, 5.74) is 1.50. The minimum absolute atomic E-state index is 0.577. The molecule has 0 spiro atoms. The molecule has 0 radical (unpaired) electrons. The maximum Gasteiger partial charge on any atom is 0.211 e. The number of nitrogens with one attached hydrogen (secondary N) is 3. The number of rotatable bonds is 7. The lowest BCUT2D eigenvalue weighted by molar-refractivity contribution is -0.109. The summed E-state index contributed by atoms with van der Waals surface area (Å²) in [6.07, 6.45) is 9.87. The molecule has 0 saturated carbocycles. The highest BCUT2D eigenvalue weighted by Crippen LogP contribution is 2.14. The summed E-state index contributed by atoms with van der Waals surface area (Å²) >= 11 is 0. The Morgan fingerprint density at radius 3 is 2.85 bits per heavy atom. The third-order valence-electron chi connectivity index (χ3n) is 3.67. The van der Waals surface area contributed by atoms with Crippen LogP contribution in [-0.2, 0) is 9.59 Å². The molecule has 2 heterocycles. The molecular formula is C14H22N4O2. The van der Waals surface area contributed by atoms with Gasteiger partial charge in [-0.3, -0.25) is 9.59 Å². The highest BCUT2D eigenvalue weighted by Gasteiger charge is 2.16. The van der Waals surface area contributed by atoms with Crippen molar-refractivity contribution in [1.82, 2.24) is 20.9 Å². The number of allylic oxidation sites excluding steroid dienone is 1. The summed E-state index contributed by atoms with van der Waals surface area (Å²) in [6, 6.07) is 0.577. The van der Waals surface area contributed by atoms with Crippen molar-refractivity contribution in [1.29, 1.82) is 0 Å². The molecule has 0 aromatic heterocycles. The minimum Gasteiger partial charge on any atom is -0.370 e. The highest BCUT2D eigenvalue weighted by molar-refractivity contribution is 5.55. The molecule has 0 bridgehead atoms. The van der Waals surface area contributed by atoms with E-state index in [-0.39, 0.29) is 0 Å². The highest BCUT2D eigenvalue weighted by atomic mass is 16.1. The molecule has 1 saturated heterocycles. The predicted molar refractivity (Wildman–Crippen MR) is 76.4 cm³/mol. The van der Waals surface area contributed by atoms with E-state index in [4.69, 9.17) is 0 Å². The van der Waals surface area contributed by atoms with Crippen LogP contribution >= 0.6 is 0 Å².